The molecular formula is C10H7FO5. The van der Waals surface area contributed by atoms with E-state index in [0.29, 0.717) is 5.56 Å². The van der Waals surface area contributed by atoms with E-state index < -0.39 is 17.6 Å². The number of fused-ring (bicyclic) bond motifs is 1. The zero-order chi connectivity index (χ0) is 11.7. The van der Waals surface area contributed by atoms with Crippen molar-refractivity contribution in [3.8, 4) is 5.75 Å². The summed E-state index contributed by atoms with van der Waals surface area (Å²) in [7, 11) is 0. The quantitative estimate of drug-likeness (QED) is 0.600. The molecule has 0 bridgehead atoms. The third kappa shape index (κ3) is 1.74. The number of aliphatic carboxylic acids is 1. The number of benzene rings is 1. The predicted octanol–water partition coefficient (Wildman–Crippen LogP) is 0.960. The van der Waals surface area contributed by atoms with E-state index >= 15 is 0 Å². The number of ketones is 1. The van der Waals surface area contributed by atoms with Crippen LogP contribution in [0.2, 0.25) is 0 Å². The summed E-state index contributed by atoms with van der Waals surface area (Å²) >= 11 is 0. The molecule has 6 heteroatoms. The Hall–Kier alpha value is -1.95. The molecule has 0 unspecified atom stereocenters. The standard InChI is InChI=1S/C10H7FO5/c11-6-1-5-3-15-4-16-9(5)7(2-6)8(12)10(13)14/h1-2H,3-4H2,(H,13,14). The van der Waals surface area contributed by atoms with Gasteiger partial charge in [0.1, 0.15) is 11.6 Å². The van der Waals surface area contributed by atoms with Gasteiger partial charge in [-0.15, -0.1) is 0 Å². The molecule has 1 aliphatic rings. The summed E-state index contributed by atoms with van der Waals surface area (Å²) in [6.45, 7) is 0.00548. The molecular weight excluding hydrogens is 219 g/mol. The molecule has 0 atom stereocenters. The second-order valence-corrected chi connectivity index (χ2v) is 3.19. The van der Waals surface area contributed by atoms with Gasteiger partial charge in [0.05, 0.1) is 12.2 Å². The molecule has 0 saturated heterocycles. The third-order valence-electron chi connectivity index (χ3n) is 2.11. The lowest BCUT2D eigenvalue weighted by molar-refractivity contribution is -0.131. The number of ether oxygens (including phenoxy) is 2. The van der Waals surface area contributed by atoms with Crippen LogP contribution in [0.1, 0.15) is 15.9 Å². The SMILES string of the molecule is O=C(O)C(=O)c1cc(F)cc2c1OCOC2. The molecule has 0 amide bonds. The Morgan fingerprint density at radius 3 is 2.81 bits per heavy atom. The molecule has 1 heterocycles. The molecule has 2 rings (SSSR count). The van der Waals surface area contributed by atoms with Crippen molar-refractivity contribution in [2.45, 2.75) is 6.61 Å². The van der Waals surface area contributed by atoms with E-state index in [1.54, 1.807) is 0 Å². The molecule has 5 nitrogen and oxygen atoms in total. The van der Waals surface area contributed by atoms with Gasteiger partial charge in [-0.1, -0.05) is 0 Å². The van der Waals surface area contributed by atoms with Crippen LogP contribution in [0.25, 0.3) is 0 Å². The minimum Gasteiger partial charge on any atom is -0.475 e. The van der Waals surface area contributed by atoms with E-state index in [1.807, 2.05) is 0 Å². The van der Waals surface area contributed by atoms with E-state index in [4.69, 9.17) is 14.6 Å². The van der Waals surface area contributed by atoms with Crippen LogP contribution in [0.4, 0.5) is 4.39 Å². The predicted molar refractivity (Wildman–Crippen MR) is 48.7 cm³/mol. The molecule has 1 aliphatic heterocycles. The van der Waals surface area contributed by atoms with E-state index in [9.17, 15) is 14.0 Å². The van der Waals surface area contributed by atoms with Gasteiger partial charge in [-0.3, -0.25) is 4.79 Å². The monoisotopic (exact) mass is 226 g/mol. The molecule has 84 valence electrons. The van der Waals surface area contributed by atoms with Gasteiger partial charge >= 0.3 is 5.97 Å². The number of Topliss-reactive ketones (excluding diaryl/α,β-unsaturated/α-hetero) is 1. The fourth-order valence-corrected chi connectivity index (χ4v) is 1.46. The lowest BCUT2D eigenvalue weighted by Gasteiger charge is -2.19. The van der Waals surface area contributed by atoms with Crippen molar-refractivity contribution >= 4 is 11.8 Å². The summed E-state index contributed by atoms with van der Waals surface area (Å²) in [5.41, 5.74) is 0.0432. The summed E-state index contributed by atoms with van der Waals surface area (Å²) in [5, 5.41) is 8.57. The van der Waals surface area contributed by atoms with Crippen molar-refractivity contribution in [2.75, 3.05) is 6.79 Å². The molecule has 0 aliphatic carbocycles. The maximum Gasteiger partial charge on any atom is 0.377 e. The van der Waals surface area contributed by atoms with E-state index in [2.05, 4.69) is 0 Å². The zero-order valence-corrected chi connectivity index (χ0v) is 8.03. The normalized spacial score (nSPS) is 13.8. The number of carbonyl (C=O) groups excluding carboxylic acids is 1. The molecule has 0 fully saturated rings. The van der Waals surface area contributed by atoms with Crippen LogP contribution in [0.3, 0.4) is 0 Å². The maximum absolute atomic E-state index is 13.1. The Balaban J connectivity index is 2.55. The highest BCUT2D eigenvalue weighted by Crippen LogP contribution is 2.29. The fourth-order valence-electron chi connectivity index (χ4n) is 1.46. The van der Waals surface area contributed by atoms with Crippen molar-refractivity contribution in [3.05, 3.63) is 29.1 Å². The van der Waals surface area contributed by atoms with Crippen LogP contribution in [-0.4, -0.2) is 23.7 Å². The van der Waals surface area contributed by atoms with Gasteiger partial charge in [0.15, 0.2) is 6.79 Å². The highest BCUT2D eigenvalue weighted by atomic mass is 19.1. The summed E-state index contributed by atoms with van der Waals surface area (Å²) in [5.74, 6) is -3.46. The highest BCUT2D eigenvalue weighted by molar-refractivity contribution is 6.40. The van der Waals surface area contributed by atoms with Crippen LogP contribution >= 0.6 is 0 Å². The Morgan fingerprint density at radius 1 is 1.38 bits per heavy atom. The first-order valence-electron chi connectivity index (χ1n) is 4.40. The number of hydrogen-bond acceptors (Lipinski definition) is 4. The van der Waals surface area contributed by atoms with Crippen molar-refractivity contribution in [2.24, 2.45) is 0 Å². The number of carboxylic acid groups (broad SMARTS) is 1. The zero-order valence-electron chi connectivity index (χ0n) is 8.03. The molecule has 1 N–H and O–H groups in total. The minimum atomic E-state index is -1.65. The van der Waals surface area contributed by atoms with Crippen LogP contribution < -0.4 is 4.74 Å². The average molecular weight is 226 g/mol. The molecule has 0 spiro atoms. The molecule has 0 saturated carbocycles. The number of rotatable bonds is 2. The van der Waals surface area contributed by atoms with Gasteiger partial charge in [-0.25, -0.2) is 9.18 Å². The number of hydrogen-bond donors (Lipinski definition) is 1. The topological polar surface area (TPSA) is 72.8 Å². The molecule has 0 aromatic heterocycles. The van der Waals surface area contributed by atoms with E-state index in [0.717, 1.165) is 12.1 Å². The summed E-state index contributed by atoms with van der Waals surface area (Å²) in [6, 6.07) is 1.99. The number of halogens is 1. The first kappa shape index (κ1) is 10.6. The van der Waals surface area contributed by atoms with Crippen molar-refractivity contribution in [1.82, 2.24) is 0 Å². The first-order valence-corrected chi connectivity index (χ1v) is 4.40. The highest BCUT2D eigenvalue weighted by Gasteiger charge is 2.25. The minimum absolute atomic E-state index is 0.0834. The Morgan fingerprint density at radius 2 is 2.12 bits per heavy atom. The van der Waals surface area contributed by atoms with E-state index in [1.165, 1.54) is 0 Å². The maximum atomic E-state index is 13.1. The second kappa shape index (κ2) is 3.90. The van der Waals surface area contributed by atoms with Crippen LogP contribution in [-0.2, 0) is 16.1 Å². The lowest BCUT2D eigenvalue weighted by Crippen LogP contribution is -2.19. The van der Waals surface area contributed by atoms with Crippen LogP contribution in [0, 0.1) is 5.82 Å². The second-order valence-electron chi connectivity index (χ2n) is 3.19. The average Bonchev–Trinajstić information content (AvgIpc) is 2.26. The van der Waals surface area contributed by atoms with Gasteiger partial charge in [0.25, 0.3) is 5.78 Å². The first-order chi connectivity index (χ1) is 7.59. The Bertz CT molecular complexity index is 469. The van der Waals surface area contributed by atoms with Crippen molar-refractivity contribution < 1.29 is 28.6 Å². The van der Waals surface area contributed by atoms with Crippen LogP contribution in [0.5, 0.6) is 5.75 Å². The third-order valence-corrected chi connectivity index (χ3v) is 2.11. The molecule has 16 heavy (non-hydrogen) atoms. The van der Waals surface area contributed by atoms with Gasteiger partial charge < -0.3 is 14.6 Å². The number of carbonyl (C=O) groups is 2. The van der Waals surface area contributed by atoms with Crippen LogP contribution in [0.15, 0.2) is 12.1 Å². The largest absolute Gasteiger partial charge is 0.475 e. The lowest BCUT2D eigenvalue weighted by atomic mass is 10.0. The fraction of sp³-hybridized carbons (Fsp3) is 0.200. The molecule has 0 radical (unpaired) electrons. The Labute approximate surface area is 89.4 Å². The van der Waals surface area contributed by atoms with Gasteiger partial charge in [0.2, 0.25) is 0 Å². The number of carboxylic acids is 1. The summed E-state index contributed by atoms with van der Waals surface area (Å²) in [4.78, 5) is 21.8. The van der Waals surface area contributed by atoms with E-state index in [-0.39, 0.29) is 24.7 Å². The van der Waals surface area contributed by atoms with Crippen molar-refractivity contribution in [1.29, 1.82) is 0 Å². The van der Waals surface area contributed by atoms with Gasteiger partial charge in [0, 0.05) is 5.56 Å². The van der Waals surface area contributed by atoms with Crippen molar-refractivity contribution in [3.63, 3.8) is 0 Å². The molecule has 1 aromatic carbocycles. The van der Waals surface area contributed by atoms with Gasteiger partial charge in [-0.2, -0.15) is 0 Å². The van der Waals surface area contributed by atoms with Gasteiger partial charge in [-0.05, 0) is 12.1 Å². The Kier molecular flexibility index (Phi) is 2.57. The molecule has 1 aromatic rings. The summed E-state index contributed by atoms with van der Waals surface area (Å²) < 4.78 is 23.0. The smallest absolute Gasteiger partial charge is 0.377 e. The summed E-state index contributed by atoms with van der Waals surface area (Å²) in [6.07, 6.45) is 0.